The number of carbonyl (C=O) groups excluding carboxylic acids is 1. The molecule has 1 N–H and O–H groups in total. The van der Waals surface area contributed by atoms with Crippen LogP contribution in [0.15, 0.2) is 24.3 Å². The summed E-state index contributed by atoms with van der Waals surface area (Å²) in [6.07, 6.45) is 0. The zero-order chi connectivity index (χ0) is 12.7. The fourth-order valence-corrected chi connectivity index (χ4v) is 2.19. The van der Waals surface area contributed by atoms with Crippen molar-refractivity contribution >= 4 is 5.97 Å². The van der Waals surface area contributed by atoms with Gasteiger partial charge in [-0.05, 0) is 25.1 Å². The molecule has 2 heterocycles. The largest absolute Gasteiger partial charge is 0.488 e. The standard InChI is InChI=1S/C14H13NO3/c1-8-3-4-12-10(5-8)13-9(7-18-12)6-11(15-13)14(16)17-2/h3-6,15H,7H2,1-2H3. The van der Waals surface area contributed by atoms with Gasteiger partial charge in [-0.25, -0.2) is 4.79 Å². The molecule has 0 saturated carbocycles. The van der Waals surface area contributed by atoms with Crippen molar-refractivity contribution in [2.75, 3.05) is 7.11 Å². The van der Waals surface area contributed by atoms with Crippen LogP contribution in [0.2, 0.25) is 0 Å². The molecule has 0 atom stereocenters. The first-order valence-electron chi connectivity index (χ1n) is 5.73. The van der Waals surface area contributed by atoms with Crippen molar-refractivity contribution in [2.45, 2.75) is 13.5 Å². The Morgan fingerprint density at radius 2 is 2.22 bits per heavy atom. The average Bonchev–Trinajstić information content (AvgIpc) is 2.82. The molecule has 0 amide bonds. The molecule has 0 bridgehead atoms. The van der Waals surface area contributed by atoms with Crippen LogP contribution in [0, 0.1) is 6.92 Å². The van der Waals surface area contributed by atoms with Gasteiger partial charge in [-0.3, -0.25) is 0 Å². The molecule has 1 aromatic heterocycles. The SMILES string of the molecule is COC(=O)c1cc2c([nH]1)-c1cc(C)ccc1OC2. The van der Waals surface area contributed by atoms with Crippen LogP contribution in [0.1, 0.15) is 21.6 Å². The summed E-state index contributed by atoms with van der Waals surface area (Å²) in [5.41, 5.74) is 4.53. The molecule has 0 saturated heterocycles. The van der Waals surface area contributed by atoms with Crippen molar-refractivity contribution in [3.8, 4) is 17.0 Å². The van der Waals surface area contributed by atoms with Gasteiger partial charge in [0.25, 0.3) is 0 Å². The van der Waals surface area contributed by atoms with Crippen molar-refractivity contribution in [1.82, 2.24) is 4.98 Å². The number of methoxy groups -OCH3 is 1. The fraction of sp³-hybridized carbons (Fsp3) is 0.214. The third kappa shape index (κ3) is 1.57. The molecular formula is C14H13NO3. The average molecular weight is 243 g/mol. The summed E-state index contributed by atoms with van der Waals surface area (Å²) >= 11 is 0. The minimum atomic E-state index is -0.362. The lowest BCUT2D eigenvalue weighted by molar-refractivity contribution is 0.0595. The van der Waals surface area contributed by atoms with Crippen LogP contribution in [0.4, 0.5) is 0 Å². The predicted molar refractivity (Wildman–Crippen MR) is 66.6 cm³/mol. The molecule has 0 fully saturated rings. The molecule has 0 aliphatic carbocycles. The first-order valence-corrected chi connectivity index (χ1v) is 5.73. The molecule has 1 aromatic carbocycles. The number of carbonyl (C=O) groups is 1. The number of benzene rings is 1. The lowest BCUT2D eigenvalue weighted by Gasteiger charge is -2.17. The Hall–Kier alpha value is -2.23. The van der Waals surface area contributed by atoms with E-state index in [0.717, 1.165) is 28.1 Å². The quantitative estimate of drug-likeness (QED) is 0.783. The Morgan fingerprint density at radius 3 is 3.00 bits per heavy atom. The lowest BCUT2D eigenvalue weighted by atomic mass is 10.0. The van der Waals surface area contributed by atoms with Crippen LogP contribution in [0.3, 0.4) is 0 Å². The van der Waals surface area contributed by atoms with Crippen molar-refractivity contribution in [3.63, 3.8) is 0 Å². The molecule has 92 valence electrons. The molecule has 4 nitrogen and oxygen atoms in total. The number of H-pyrrole nitrogens is 1. The van der Waals surface area contributed by atoms with Gasteiger partial charge in [0.05, 0.1) is 12.8 Å². The van der Waals surface area contributed by atoms with E-state index in [1.807, 2.05) is 25.1 Å². The Kier molecular flexibility index (Phi) is 2.37. The number of aromatic amines is 1. The summed E-state index contributed by atoms with van der Waals surface area (Å²) in [5, 5.41) is 0. The van der Waals surface area contributed by atoms with Gasteiger partial charge in [-0.15, -0.1) is 0 Å². The van der Waals surface area contributed by atoms with Crippen LogP contribution in [0.25, 0.3) is 11.3 Å². The zero-order valence-electron chi connectivity index (χ0n) is 10.2. The molecule has 0 radical (unpaired) electrons. The predicted octanol–water partition coefficient (Wildman–Crippen LogP) is 2.67. The van der Waals surface area contributed by atoms with Gasteiger partial charge in [0, 0.05) is 11.1 Å². The van der Waals surface area contributed by atoms with Gasteiger partial charge >= 0.3 is 5.97 Å². The van der Waals surface area contributed by atoms with Gasteiger partial charge in [0.2, 0.25) is 0 Å². The fourth-order valence-electron chi connectivity index (χ4n) is 2.19. The second kappa shape index (κ2) is 3.91. The Balaban J connectivity index is 2.14. The van der Waals surface area contributed by atoms with E-state index in [4.69, 9.17) is 9.47 Å². The summed E-state index contributed by atoms with van der Waals surface area (Å²) in [5.74, 6) is 0.477. The van der Waals surface area contributed by atoms with E-state index in [9.17, 15) is 4.79 Å². The summed E-state index contributed by atoms with van der Waals surface area (Å²) in [4.78, 5) is 14.6. The highest BCUT2D eigenvalue weighted by Gasteiger charge is 2.22. The highest BCUT2D eigenvalue weighted by Crippen LogP contribution is 2.37. The van der Waals surface area contributed by atoms with E-state index in [1.54, 1.807) is 6.07 Å². The van der Waals surface area contributed by atoms with Crippen LogP contribution >= 0.6 is 0 Å². The molecule has 0 spiro atoms. The summed E-state index contributed by atoms with van der Waals surface area (Å²) in [6.45, 7) is 2.50. The van der Waals surface area contributed by atoms with E-state index >= 15 is 0 Å². The van der Waals surface area contributed by atoms with Crippen molar-refractivity contribution in [2.24, 2.45) is 0 Å². The van der Waals surface area contributed by atoms with Crippen LogP contribution in [-0.4, -0.2) is 18.1 Å². The van der Waals surface area contributed by atoms with Crippen molar-refractivity contribution in [1.29, 1.82) is 0 Å². The molecule has 3 rings (SSSR count). The Morgan fingerprint density at radius 1 is 1.39 bits per heavy atom. The van der Waals surface area contributed by atoms with Crippen LogP contribution in [0.5, 0.6) is 5.75 Å². The van der Waals surface area contributed by atoms with E-state index < -0.39 is 0 Å². The first-order chi connectivity index (χ1) is 8.69. The Labute approximate surface area is 105 Å². The number of ether oxygens (including phenoxy) is 2. The third-order valence-electron chi connectivity index (χ3n) is 3.09. The number of rotatable bonds is 1. The van der Waals surface area contributed by atoms with Gasteiger partial charge in [0.1, 0.15) is 18.1 Å². The van der Waals surface area contributed by atoms with Gasteiger partial charge in [-0.1, -0.05) is 11.6 Å². The molecule has 0 unspecified atom stereocenters. The maximum atomic E-state index is 11.5. The van der Waals surface area contributed by atoms with Crippen molar-refractivity contribution in [3.05, 3.63) is 41.1 Å². The maximum absolute atomic E-state index is 11.5. The normalized spacial score (nSPS) is 12.3. The van der Waals surface area contributed by atoms with Gasteiger partial charge in [0.15, 0.2) is 0 Å². The Bertz CT molecular complexity index is 628. The molecule has 1 aliphatic rings. The smallest absolute Gasteiger partial charge is 0.354 e. The summed E-state index contributed by atoms with van der Waals surface area (Å²) in [6, 6.07) is 7.79. The number of hydrogen-bond donors (Lipinski definition) is 1. The summed E-state index contributed by atoms with van der Waals surface area (Å²) in [7, 11) is 1.37. The molecule has 1 aliphatic heterocycles. The van der Waals surface area contributed by atoms with E-state index in [-0.39, 0.29) is 5.97 Å². The topological polar surface area (TPSA) is 51.3 Å². The second-order valence-corrected chi connectivity index (χ2v) is 4.36. The van der Waals surface area contributed by atoms with E-state index in [2.05, 4.69) is 4.98 Å². The van der Waals surface area contributed by atoms with E-state index in [1.165, 1.54) is 7.11 Å². The maximum Gasteiger partial charge on any atom is 0.354 e. The van der Waals surface area contributed by atoms with E-state index in [0.29, 0.717) is 12.3 Å². The number of hydrogen-bond acceptors (Lipinski definition) is 3. The van der Waals surface area contributed by atoms with Gasteiger partial charge < -0.3 is 14.5 Å². The second-order valence-electron chi connectivity index (χ2n) is 4.36. The zero-order valence-corrected chi connectivity index (χ0v) is 10.2. The van der Waals surface area contributed by atoms with Crippen molar-refractivity contribution < 1.29 is 14.3 Å². The minimum Gasteiger partial charge on any atom is -0.488 e. The van der Waals surface area contributed by atoms with Crippen LogP contribution < -0.4 is 4.74 Å². The highest BCUT2D eigenvalue weighted by atomic mass is 16.5. The van der Waals surface area contributed by atoms with Crippen LogP contribution in [-0.2, 0) is 11.3 Å². The number of aryl methyl sites for hydroxylation is 1. The molecule has 18 heavy (non-hydrogen) atoms. The number of nitrogens with one attached hydrogen (secondary N) is 1. The third-order valence-corrected chi connectivity index (χ3v) is 3.09. The number of esters is 1. The molecule has 4 heteroatoms. The monoisotopic (exact) mass is 243 g/mol. The first kappa shape index (κ1) is 10.9. The highest BCUT2D eigenvalue weighted by molar-refractivity contribution is 5.90. The molecular weight excluding hydrogens is 230 g/mol. The number of aromatic nitrogens is 1. The molecule has 2 aromatic rings. The lowest BCUT2D eigenvalue weighted by Crippen LogP contribution is -2.03. The van der Waals surface area contributed by atoms with Gasteiger partial charge in [-0.2, -0.15) is 0 Å². The summed E-state index contributed by atoms with van der Waals surface area (Å²) < 4.78 is 10.4. The number of fused-ring (bicyclic) bond motifs is 3. The minimum absolute atomic E-state index is 0.362.